The maximum absolute atomic E-state index is 13.6. The molecule has 1 fully saturated rings. The number of nitrogens with one attached hydrogen (secondary N) is 1. The standard InChI is InChI=1S/C26H35N3O6/c1-3-35-24(32)22(17-29-16-21(27-18-29)19-9-5-4-6-10-19)28-25(33)26(12-7-8-13-26)15-20(23(30)31)11-14-34-2/h4-6,9-10,16,18,20,22H,3,7-8,11-15,17H2,1-2H3,(H,28,33)(H,30,31)/t20-,22?/m1/s1. The molecule has 1 amide bonds. The molecular formula is C26H35N3O6. The Kier molecular flexibility index (Phi) is 9.42. The number of hydrogen-bond acceptors (Lipinski definition) is 6. The first kappa shape index (κ1) is 26.4. The van der Waals surface area contributed by atoms with E-state index in [0.717, 1.165) is 24.1 Å². The Hall–Kier alpha value is -3.20. The van der Waals surface area contributed by atoms with Crippen LogP contribution < -0.4 is 5.32 Å². The van der Waals surface area contributed by atoms with E-state index in [1.807, 2.05) is 36.5 Å². The molecule has 0 saturated heterocycles. The van der Waals surface area contributed by atoms with Gasteiger partial charge >= 0.3 is 11.9 Å². The smallest absolute Gasteiger partial charge is 0.330 e. The highest BCUT2D eigenvalue weighted by atomic mass is 16.5. The molecule has 1 aromatic carbocycles. The molecule has 0 radical (unpaired) electrons. The van der Waals surface area contributed by atoms with Crippen molar-refractivity contribution in [1.29, 1.82) is 0 Å². The number of hydrogen-bond donors (Lipinski definition) is 2. The Morgan fingerprint density at radius 1 is 1.20 bits per heavy atom. The zero-order valence-electron chi connectivity index (χ0n) is 20.4. The van der Waals surface area contributed by atoms with Crippen LogP contribution in [-0.4, -0.2) is 58.9 Å². The highest BCUT2D eigenvalue weighted by Gasteiger charge is 2.45. The minimum atomic E-state index is -0.935. The van der Waals surface area contributed by atoms with E-state index in [-0.39, 0.29) is 25.5 Å². The van der Waals surface area contributed by atoms with E-state index in [9.17, 15) is 19.5 Å². The number of esters is 1. The van der Waals surface area contributed by atoms with Gasteiger partial charge in [-0.1, -0.05) is 43.2 Å². The SMILES string of the molecule is CCOC(=O)C(Cn1cnc(-c2ccccc2)c1)NC(=O)C1(C[C@@H](CCOC)C(=O)O)CCCC1. The molecule has 190 valence electrons. The summed E-state index contributed by atoms with van der Waals surface area (Å²) in [6, 6.07) is 8.76. The predicted octanol–water partition coefficient (Wildman–Crippen LogP) is 3.29. The molecule has 3 rings (SSSR count). The van der Waals surface area contributed by atoms with Crippen LogP contribution in [0.1, 0.15) is 45.4 Å². The third-order valence-electron chi connectivity index (χ3n) is 6.67. The number of rotatable bonds is 13. The number of methoxy groups -OCH3 is 1. The Morgan fingerprint density at radius 2 is 1.91 bits per heavy atom. The predicted molar refractivity (Wildman–Crippen MR) is 129 cm³/mol. The number of carbonyl (C=O) groups is 3. The molecule has 2 N–H and O–H groups in total. The Labute approximate surface area is 205 Å². The third-order valence-corrected chi connectivity index (χ3v) is 6.67. The summed E-state index contributed by atoms with van der Waals surface area (Å²) >= 11 is 0. The van der Waals surface area contributed by atoms with Crippen LogP contribution in [0.15, 0.2) is 42.9 Å². The van der Waals surface area contributed by atoms with Gasteiger partial charge in [-0.25, -0.2) is 9.78 Å². The highest BCUT2D eigenvalue weighted by molar-refractivity contribution is 5.88. The lowest BCUT2D eigenvalue weighted by Crippen LogP contribution is -2.50. The molecule has 1 aliphatic rings. The molecule has 0 bridgehead atoms. The van der Waals surface area contributed by atoms with E-state index in [2.05, 4.69) is 10.3 Å². The second-order valence-electron chi connectivity index (χ2n) is 9.11. The van der Waals surface area contributed by atoms with Crippen LogP contribution in [0.4, 0.5) is 0 Å². The summed E-state index contributed by atoms with van der Waals surface area (Å²) in [5.74, 6) is -2.45. The minimum absolute atomic E-state index is 0.159. The first-order chi connectivity index (χ1) is 16.9. The summed E-state index contributed by atoms with van der Waals surface area (Å²) in [6.45, 7) is 2.37. The number of benzene rings is 1. The van der Waals surface area contributed by atoms with Crippen molar-refractivity contribution in [2.75, 3.05) is 20.3 Å². The van der Waals surface area contributed by atoms with Crippen molar-refractivity contribution in [2.24, 2.45) is 11.3 Å². The van der Waals surface area contributed by atoms with Gasteiger partial charge in [-0.3, -0.25) is 9.59 Å². The van der Waals surface area contributed by atoms with Crippen LogP contribution >= 0.6 is 0 Å². The quantitative estimate of drug-likeness (QED) is 0.418. The third kappa shape index (κ3) is 6.91. The van der Waals surface area contributed by atoms with Gasteiger partial charge in [-0.15, -0.1) is 0 Å². The average Bonchev–Trinajstić information content (AvgIpc) is 3.52. The number of nitrogens with zero attached hydrogens (tertiary/aromatic N) is 2. The number of ether oxygens (including phenoxy) is 2. The largest absolute Gasteiger partial charge is 0.481 e. The molecule has 1 unspecified atom stereocenters. The summed E-state index contributed by atoms with van der Waals surface area (Å²) in [5, 5.41) is 12.6. The second kappa shape index (κ2) is 12.5. The van der Waals surface area contributed by atoms with E-state index in [1.165, 1.54) is 7.11 Å². The molecule has 0 spiro atoms. The fourth-order valence-corrected chi connectivity index (χ4v) is 4.78. The van der Waals surface area contributed by atoms with Crippen molar-refractivity contribution in [1.82, 2.24) is 14.9 Å². The number of amides is 1. The lowest BCUT2D eigenvalue weighted by Gasteiger charge is -2.32. The Bertz CT molecular complexity index is 984. The maximum Gasteiger partial charge on any atom is 0.330 e. The molecule has 1 heterocycles. The van der Waals surface area contributed by atoms with Gasteiger partial charge < -0.3 is 24.5 Å². The zero-order chi connectivity index (χ0) is 25.3. The molecule has 35 heavy (non-hydrogen) atoms. The molecule has 2 aromatic rings. The molecule has 0 aliphatic heterocycles. The van der Waals surface area contributed by atoms with Gasteiger partial charge in [0.1, 0.15) is 6.04 Å². The van der Waals surface area contributed by atoms with E-state index >= 15 is 0 Å². The molecule has 1 aliphatic carbocycles. The lowest BCUT2D eigenvalue weighted by atomic mass is 9.75. The van der Waals surface area contributed by atoms with Crippen LogP contribution in [-0.2, 0) is 30.4 Å². The summed E-state index contributed by atoms with van der Waals surface area (Å²) in [5.41, 5.74) is 0.879. The van der Waals surface area contributed by atoms with Crippen LogP contribution in [0, 0.1) is 11.3 Å². The van der Waals surface area contributed by atoms with E-state index in [4.69, 9.17) is 9.47 Å². The number of aliphatic carboxylic acids is 1. The first-order valence-electron chi connectivity index (χ1n) is 12.1. The van der Waals surface area contributed by atoms with Crippen molar-refractivity contribution in [3.8, 4) is 11.3 Å². The zero-order valence-corrected chi connectivity index (χ0v) is 20.4. The van der Waals surface area contributed by atoms with Gasteiger partial charge in [-0.2, -0.15) is 0 Å². The minimum Gasteiger partial charge on any atom is -0.481 e. The Morgan fingerprint density at radius 3 is 2.54 bits per heavy atom. The van der Waals surface area contributed by atoms with E-state index in [1.54, 1.807) is 17.8 Å². The first-order valence-corrected chi connectivity index (χ1v) is 12.1. The number of carbonyl (C=O) groups excluding carboxylic acids is 2. The summed E-state index contributed by atoms with van der Waals surface area (Å²) in [4.78, 5) is 42.6. The van der Waals surface area contributed by atoms with Gasteiger partial charge in [0.05, 0.1) is 36.5 Å². The van der Waals surface area contributed by atoms with E-state index in [0.29, 0.717) is 25.9 Å². The second-order valence-corrected chi connectivity index (χ2v) is 9.11. The van der Waals surface area contributed by atoms with Crippen molar-refractivity contribution in [3.63, 3.8) is 0 Å². The highest BCUT2D eigenvalue weighted by Crippen LogP contribution is 2.44. The van der Waals surface area contributed by atoms with Gasteiger partial charge in [-0.05, 0) is 32.6 Å². The molecular weight excluding hydrogens is 450 g/mol. The molecule has 1 aromatic heterocycles. The number of carboxylic acid groups (broad SMARTS) is 1. The van der Waals surface area contributed by atoms with Crippen LogP contribution in [0.2, 0.25) is 0 Å². The van der Waals surface area contributed by atoms with E-state index < -0.39 is 29.3 Å². The molecule has 9 heteroatoms. The normalized spacial score (nSPS) is 16.4. The fraction of sp³-hybridized carbons (Fsp3) is 0.538. The molecule has 1 saturated carbocycles. The van der Waals surface area contributed by atoms with Crippen molar-refractivity contribution >= 4 is 17.8 Å². The van der Waals surface area contributed by atoms with Gasteiger partial charge in [0.25, 0.3) is 0 Å². The number of imidazole rings is 1. The van der Waals surface area contributed by atoms with Crippen molar-refractivity contribution in [2.45, 2.75) is 58.0 Å². The van der Waals surface area contributed by atoms with Crippen LogP contribution in [0.3, 0.4) is 0 Å². The molecule has 9 nitrogen and oxygen atoms in total. The fourth-order valence-electron chi connectivity index (χ4n) is 4.78. The summed E-state index contributed by atoms with van der Waals surface area (Å²) < 4.78 is 12.1. The summed E-state index contributed by atoms with van der Waals surface area (Å²) in [6.07, 6.45) is 6.87. The van der Waals surface area contributed by atoms with Crippen LogP contribution in [0.25, 0.3) is 11.3 Å². The van der Waals surface area contributed by atoms with Crippen molar-refractivity contribution < 1.29 is 29.0 Å². The van der Waals surface area contributed by atoms with Crippen LogP contribution in [0.5, 0.6) is 0 Å². The van der Waals surface area contributed by atoms with Gasteiger partial charge in [0, 0.05) is 25.5 Å². The van der Waals surface area contributed by atoms with Crippen molar-refractivity contribution in [3.05, 3.63) is 42.9 Å². The summed E-state index contributed by atoms with van der Waals surface area (Å²) in [7, 11) is 1.53. The lowest BCUT2D eigenvalue weighted by molar-refractivity contribution is -0.150. The Balaban J connectivity index is 1.77. The monoisotopic (exact) mass is 485 g/mol. The van der Waals surface area contributed by atoms with Gasteiger partial charge in [0.15, 0.2) is 0 Å². The average molecular weight is 486 g/mol. The number of carboxylic acids is 1. The molecule has 2 atom stereocenters. The topological polar surface area (TPSA) is 120 Å². The maximum atomic E-state index is 13.6. The number of aromatic nitrogens is 2. The van der Waals surface area contributed by atoms with Gasteiger partial charge in [0.2, 0.25) is 5.91 Å².